The van der Waals surface area contributed by atoms with Gasteiger partial charge < -0.3 is 0 Å². The number of amidine groups is 1. The maximum atomic E-state index is 6.01. The number of hydrogen-bond acceptors (Lipinski definition) is 7. The van der Waals surface area contributed by atoms with Crippen LogP contribution in [-0.4, -0.2) is 22.6 Å². The molecule has 0 saturated carbocycles. The molecule has 0 saturated heterocycles. The molecule has 0 amide bonds. The zero-order chi connectivity index (χ0) is 19.7. The minimum absolute atomic E-state index is 0.0313. The van der Waals surface area contributed by atoms with Crippen LogP contribution in [0.1, 0.15) is 32.6 Å². The predicted octanol–water partition coefficient (Wildman–Crippen LogP) is 5.29. The van der Waals surface area contributed by atoms with Gasteiger partial charge in [-0.05, 0) is 62.7 Å². The lowest BCUT2D eigenvalue weighted by molar-refractivity contribution is 0.0627. The summed E-state index contributed by atoms with van der Waals surface area (Å²) in [7, 11) is 0. The zero-order valence-corrected chi connectivity index (χ0v) is 18.1. The van der Waals surface area contributed by atoms with Crippen molar-refractivity contribution in [3.63, 3.8) is 0 Å². The van der Waals surface area contributed by atoms with E-state index >= 15 is 0 Å². The van der Waals surface area contributed by atoms with Crippen LogP contribution in [0.15, 0.2) is 51.3 Å². The second-order valence-electron chi connectivity index (χ2n) is 6.50. The summed E-state index contributed by atoms with van der Waals surface area (Å²) < 4.78 is 0. The minimum atomic E-state index is -0.0313. The van der Waals surface area contributed by atoms with Crippen LogP contribution in [0.3, 0.4) is 0 Å². The number of nitrogens with one attached hydrogen (secondary N) is 1. The summed E-state index contributed by atoms with van der Waals surface area (Å²) in [6, 6.07) is 11.9. The van der Waals surface area contributed by atoms with Crippen molar-refractivity contribution >= 4 is 40.5 Å². The van der Waals surface area contributed by atoms with Crippen molar-refractivity contribution in [3.8, 4) is 0 Å². The van der Waals surface area contributed by atoms with E-state index in [-0.39, 0.29) is 6.04 Å². The average molecular weight is 431 g/mol. The number of benzene rings is 1. The van der Waals surface area contributed by atoms with Gasteiger partial charge in [-0.25, -0.2) is 5.48 Å². The van der Waals surface area contributed by atoms with E-state index in [1.165, 1.54) is 21.5 Å². The van der Waals surface area contributed by atoms with Crippen molar-refractivity contribution in [2.24, 2.45) is 4.99 Å². The van der Waals surface area contributed by atoms with Crippen LogP contribution in [-0.2, 0) is 4.84 Å². The Morgan fingerprint density at radius 1 is 1.11 bits per heavy atom. The van der Waals surface area contributed by atoms with Gasteiger partial charge in [0, 0.05) is 19.7 Å². The maximum absolute atomic E-state index is 6.01. The highest BCUT2D eigenvalue weighted by Gasteiger charge is 2.24. The quantitative estimate of drug-likeness (QED) is 0.609. The molecule has 4 rings (SSSR count). The third kappa shape index (κ3) is 4.07. The summed E-state index contributed by atoms with van der Waals surface area (Å²) in [5.74, 6) is 0.689. The van der Waals surface area contributed by atoms with Gasteiger partial charge >= 0.3 is 0 Å². The Morgan fingerprint density at radius 2 is 1.89 bits per heavy atom. The van der Waals surface area contributed by atoms with Crippen LogP contribution in [0, 0.1) is 20.8 Å². The summed E-state index contributed by atoms with van der Waals surface area (Å²) in [6.07, 6.45) is 0. The third-order valence-electron chi connectivity index (χ3n) is 4.47. The number of thiophene rings is 1. The normalized spacial score (nSPS) is 16.6. The highest BCUT2D eigenvalue weighted by atomic mass is 35.5. The smallest absolute Gasteiger partial charge is 0.156 e. The molecule has 2 aromatic heterocycles. The van der Waals surface area contributed by atoms with Crippen LogP contribution in [0.5, 0.6) is 0 Å². The van der Waals surface area contributed by atoms with Gasteiger partial charge in [0.2, 0.25) is 0 Å². The van der Waals surface area contributed by atoms with Crippen LogP contribution in [0.4, 0.5) is 0 Å². The van der Waals surface area contributed by atoms with Crippen LogP contribution in [0.25, 0.3) is 0 Å². The number of aryl methyl sites for hydroxylation is 2. The zero-order valence-electron chi connectivity index (χ0n) is 15.7. The molecule has 1 atom stereocenters. The molecule has 0 aliphatic carbocycles. The van der Waals surface area contributed by atoms with E-state index < -0.39 is 0 Å². The Balaban J connectivity index is 1.74. The number of hydroxylamine groups is 1. The van der Waals surface area contributed by atoms with Crippen LogP contribution in [0.2, 0.25) is 5.02 Å². The number of aliphatic imine (C=N–C) groups is 1. The van der Waals surface area contributed by atoms with Crippen molar-refractivity contribution < 1.29 is 4.84 Å². The number of rotatable bonds is 4. The van der Waals surface area contributed by atoms with Gasteiger partial charge in [0.15, 0.2) is 5.84 Å². The SMILES string of the molecule is Cc1ccc([C@H]2CONC(c3c(Sc4ccc(Cl)cc4)nnc(C)c3C)=N2)s1. The monoisotopic (exact) mass is 430 g/mol. The molecule has 144 valence electrons. The largest absolute Gasteiger partial charge is 0.272 e. The van der Waals surface area contributed by atoms with Crippen LogP contribution < -0.4 is 5.48 Å². The molecule has 1 aliphatic heterocycles. The predicted molar refractivity (Wildman–Crippen MR) is 115 cm³/mol. The average Bonchev–Trinajstić information content (AvgIpc) is 3.13. The molecule has 28 heavy (non-hydrogen) atoms. The topological polar surface area (TPSA) is 59.4 Å². The molecule has 0 bridgehead atoms. The molecular formula is C20H19ClN4OS2. The molecule has 0 radical (unpaired) electrons. The van der Waals surface area contributed by atoms with Crippen molar-refractivity contribution in [2.75, 3.05) is 6.61 Å². The summed E-state index contributed by atoms with van der Waals surface area (Å²) in [5.41, 5.74) is 5.82. The molecule has 1 aliphatic rings. The van der Waals surface area contributed by atoms with Crippen molar-refractivity contribution in [1.82, 2.24) is 15.7 Å². The fourth-order valence-corrected chi connectivity index (χ4v) is 4.81. The molecule has 3 aromatic rings. The molecule has 5 nitrogen and oxygen atoms in total. The minimum Gasteiger partial charge on any atom is -0.272 e. The van der Waals surface area contributed by atoms with E-state index in [0.29, 0.717) is 17.5 Å². The van der Waals surface area contributed by atoms with Crippen molar-refractivity contribution in [1.29, 1.82) is 0 Å². The number of aromatic nitrogens is 2. The Morgan fingerprint density at radius 3 is 2.61 bits per heavy atom. The van der Waals surface area contributed by atoms with E-state index in [1.807, 2.05) is 38.1 Å². The third-order valence-corrected chi connectivity index (χ3v) is 6.81. The molecule has 0 spiro atoms. The molecule has 0 unspecified atom stereocenters. The van der Waals surface area contributed by atoms with E-state index in [0.717, 1.165) is 26.7 Å². The highest BCUT2D eigenvalue weighted by molar-refractivity contribution is 7.99. The fourth-order valence-electron chi connectivity index (χ4n) is 2.85. The van der Waals surface area contributed by atoms with Gasteiger partial charge in [-0.3, -0.25) is 9.83 Å². The lowest BCUT2D eigenvalue weighted by Crippen LogP contribution is -2.33. The van der Waals surface area contributed by atoms with E-state index in [1.54, 1.807) is 11.3 Å². The first-order chi connectivity index (χ1) is 13.5. The fraction of sp³-hybridized carbons (Fsp3) is 0.250. The van der Waals surface area contributed by atoms with Gasteiger partial charge in [0.25, 0.3) is 0 Å². The van der Waals surface area contributed by atoms with Crippen molar-refractivity contribution in [3.05, 3.63) is 68.0 Å². The molecular weight excluding hydrogens is 412 g/mol. The standard InChI is InChI=1S/C20H19ClN4OS2/c1-11-4-9-17(27-11)16-10-26-25-19(22-16)18-12(2)13(3)23-24-20(18)28-15-7-5-14(21)6-8-15/h4-9,16H,10H2,1-3H3,(H,22,25)/t16-/m1/s1. The Bertz CT molecular complexity index is 1030. The van der Waals surface area contributed by atoms with E-state index in [4.69, 9.17) is 21.4 Å². The first-order valence-electron chi connectivity index (χ1n) is 8.81. The molecule has 1 N–H and O–H groups in total. The Hall–Kier alpha value is -1.93. The molecule has 8 heteroatoms. The lowest BCUT2D eigenvalue weighted by Gasteiger charge is -2.23. The van der Waals surface area contributed by atoms with Gasteiger partial charge in [-0.1, -0.05) is 23.4 Å². The Labute approximate surface area is 177 Å². The number of hydrogen-bond donors (Lipinski definition) is 1. The first-order valence-corrected chi connectivity index (χ1v) is 10.8. The second-order valence-corrected chi connectivity index (χ2v) is 9.32. The number of halogens is 1. The van der Waals surface area contributed by atoms with Crippen molar-refractivity contribution in [2.45, 2.75) is 36.7 Å². The summed E-state index contributed by atoms with van der Waals surface area (Å²) >= 11 is 9.29. The van der Waals surface area contributed by atoms with Gasteiger partial charge in [0.05, 0.1) is 11.3 Å². The number of nitrogens with zero attached hydrogens (tertiary/aromatic N) is 3. The molecule has 3 heterocycles. The van der Waals surface area contributed by atoms with E-state index in [2.05, 4.69) is 34.7 Å². The van der Waals surface area contributed by atoms with Gasteiger partial charge in [-0.15, -0.1) is 16.4 Å². The second kappa shape index (κ2) is 8.21. The van der Waals surface area contributed by atoms with Gasteiger partial charge in [0.1, 0.15) is 17.7 Å². The molecule has 0 fully saturated rings. The van der Waals surface area contributed by atoms with Crippen LogP contribution >= 0.6 is 34.7 Å². The Kier molecular flexibility index (Phi) is 5.68. The highest BCUT2D eigenvalue weighted by Crippen LogP contribution is 2.33. The summed E-state index contributed by atoms with van der Waals surface area (Å²) in [4.78, 5) is 14.1. The first kappa shape index (κ1) is 19.4. The maximum Gasteiger partial charge on any atom is 0.156 e. The molecule has 1 aromatic carbocycles. The lowest BCUT2D eigenvalue weighted by atomic mass is 10.1. The van der Waals surface area contributed by atoms with E-state index in [9.17, 15) is 0 Å². The van der Waals surface area contributed by atoms with Gasteiger partial charge in [-0.2, -0.15) is 5.10 Å². The summed E-state index contributed by atoms with van der Waals surface area (Å²) in [5, 5.41) is 10.2. The summed E-state index contributed by atoms with van der Waals surface area (Å²) in [6.45, 7) is 6.59.